The van der Waals surface area contributed by atoms with E-state index >= 15 is 0 Å². The van der Waals surface area contributed by atoms with Crippen LogP contribution in [0.3, 0.4) is 0 Å². The fourth-order valence-electron chi connectivity index (χ4n) is 2.22. The van der Waals surface area contributed by atoms with Gasteiger partial charge in [-0.1, -0.05) is 24.6 Å². The SMILES string of the molecule is CCCNCc1cn(-c2ccc(C)c(Cl)c2)c(C)cc1=O. The van der Waals surface area contributed by atoms with Crippen molar-refractivity contribution >= 4 is 11.6 Å². The van der Waals surface area contributed by atoms with Gasteiger partial charge >= 0.3 is 0 Å². The summed E-state index contributed by atoms with van der Waals surface area (Å²) in [5.74, 6) is 0. The second-order valence-corrected chi connectivity index (χ2v) is 5.69. The molecule has 0 aliphatic heterocycles. The molecule has 1 N–H and O–H groups in total. The smallest absolute Gasteiger partial charge is 0.186 e. The van der Waals surface area contributed by atoms with Gasteiger partial charge in [-0.25, -0.2) is 0 Å². The van der Waals surface area contributed by atoms with E-state index in [0.717, 1.165) is 40.5 Å². The molecule has 1 heterocycles. The Kier molecular flexibility index (Phi) is 5.21. The van der Waals surface area contributed by atoms with Crippen LogP contribution in [0.5, 0.6) is 0 Å². The Morgan fingerprint density at radius 3 is 2.67 bits per heavy atom. The van der Waals surface area contributed by atoms with E-state index < -0.39 is 0 Å². The molecule has 2 rings (SSSR count). The maximum Gasteiger partial charge on any atom is 0.186 e. The van der Waals surface area contributed by atoms with Gasteiger partial charge in [0, 0.05) is 40.8 Å². The van der Waals surface area contributed by atoms with E-state index in [4.69, 9.17) is 11.6 Å². The highest BCUT2D eigenvalue weighted by atomic mass is 35.5. The largest absolute Gasteiger partial charge is 0.321 e. The molecule has 0 spiro atoms. The highest BCUT2D eigenvalue weighted by molar-refractivity contribution is 6.31. The predicted molar refractivity (Wildman–Crippen MR) is 88.5 cm³/mol. The Hall–Kier alpha value is -1.58. The lowest BCUT2D eigenvalue weighted by Gasteiger charge is -2.14. The van der Waals surface area contributed by atoms with E-state index in [1.54, 1.807) is 6.07 Å². The van der Waals surface area contributed by atoms with Crippen molar-refractivity contribution in [3.05, 3.63) is 62.5 Å². The van der Waals surface area contributed by atoms with Crippen molar-refractivity contribution < 1.29 is 0 Å². The second-order valence-electron chi connectivity index (χ2n) is 5.28. The molecule has 0 amide bonds. The summed E-state index contributed by atoms with van der Waals surface area (Å²) >= 11 is 6.20. The maximum absolute atomic E-state index is 12.1. The van der Waals surface area contributed by atoms with E-state index in [1.807, 2.05) is 42.8 Å². The zero-order valence-corrected chi connectivity index (χ0v) is 13.5. The number of halogens is 1. The van der Waals surface area contributed by atoms with Crippen LogP contribution in [-0.2, 0) is 6.54 Å². The summed E-state index contributed by atoms with van der Waals surface area (Å²) < 4.78 is 2.01. The molecule has 112 valence electrons. The number of nitrogens with one attached hydrogen (secondary N) is 1. The van der Waals surface area contributed by atoms with Crippen LogP contribution in [-0.4, -0.2) is 11.1 Å². The zero-order chi connectivity index (χ0) is 15.4. The van der Waals surface area contributed by atoms with Gasteiger partial charge in [0.25, 0.3) is 0 Å². The second kappa shape index (κ2) is 6.92. The summed E-state index contributed by atoms with van der Waals surface area (Å²) in [5, 5.41) is 4.00. The van der Waals surface area contributed by atoms with Crippen LogP contribution in [0.15, 0.2) is 35.3 Å². The van der Waals surface area contributed by atoms with Crippen molar-refractivity contribution in [3.63, 3.8) is 0 Å². The van der Waals surface area contributed by atoms with Gasteiger partial charge in [0.05, 0.1) is 0 Å². The summed E-state index contributed by atoms with van der Waals surface area (Å²) in [5.41, 5.74) is 3.76. The molecule has 0 aliphatic rings. The van der Waals surface area contributed by atoms with E-state index in [0.29, 0.717) is 6.54 Å². The van der Waals surface area contributed by atoms with Crippen molar-refractivity contribution in [2.75, 3.05) is 6.54 Å². The molecule has 1 aromatic carbocycles. The van der Waals surface area contributed by atoms with Crippen LogP contribution in [0, 0.1) is 13.8 Å². The van der Waals surface area contributed by atoms with Crippen molar-refractivity contribution in [3.8, 4) is 5.69 Å². The molecule has 0 aliphatic carbocycles. The normalized spacial score (nSPS) is 10.9. The number of nitrogens with zero attached hydrogens (tertiary/aromatic N) is 1. The third-order valence-corrected chi connectivity index (χ3v) is 3.90. The third-order valence-electron chi connectivity index (χ3n) is 3.50. The molecule has 2 aromatic rings. The number of pyridine rings is 1. The van der Waals surface area contributed by atoms with Crippen LogP contribution in [0.2, 0.25) is 5.02 Å². The fourth-order valence-corrected chi connectivity index (χ4v) is 2.39. The fraction of sp³-hybridized carbons (Fsp3) is 0.353. The van der Waals surface area contributed by atoms with Gasteiger partial charge in [-0.15, -0.1) is 0 Å². The Bertz CT molecular complexity index is 692. The summed E-state index contributed by atoms with van der Waals surface area (Å²) in [6.45, 7) is 7.51. The quantitative estimate of drug-likeness (QED) is 0.856. The standard InChI is InChI=1S/C17H21ClN2O/c1-4-7-19-10-14-11-20(13(3)8-17(14)21)15-6-5-12(2)16(18)9-15/h5-6,8-9,11,19H,4,7,10H2,1-3H3. The zero-order valence-electron chi connectivity index (χ0n) is 12.7. The molecular weight excluding hydrogens is 284 g/mol. The van der Waals surface area contributed by atoms with Gasteiger partial charge in [-0.2, -0.15) is 0 Å². The van der Waals surface area contributed by atoms with Crippen molar-refractivity contribution in [1.82, 2.24) is 9.88 Å². The summed E-state index contributed by atoms with van der Waals surface area (Å²) in [4.78, 5) is 12.1. The molecule has 1 aromatic heterocycles. The number of hydrogen-bond donors (Lipinski definition) is 1. The molecular formula is C17H21ClN2O. The monoisotopic (exact) mass is 304 g/mol. The van der Waals surface area contributed by atoms with E-state index in [2.05, 4.69) is 12.2 Å². The number of rotatable bonds is 5. The van der Waals surface area contributed by atoms with E-state index in [9.17, 15) is 4.79 Å². The lowest BCUT2D eigenvalue weighted by atomic mass is 10.2. The summed E-state index contributed by atoms with van der Waals surface area (Å²) in [7, 11) is 0. The van der Waals surface area contributed by atoms with Gasteiger partial charge in [-0.05, 0) is 44.5 Å². The summed E-state index contributed by atoms with van der Waals surface area (Å²) in [6.07, 6.45) is 2.95. The topological polar surface area (TPSA) is 34.0 Å². The number of hydrogen-bond acceptors (Lipinski definition) is 2. The minimum Gasteiger partial charge on any atom is -0.321 e. The minimum atomic E-state index is 0.0746. The average Bonchev–Trinajstić information content (AvgIpc) is 2.44. The maximum atomic E-state index is 12.1. The van der Waals surface area contributed by atoms with Crippen LogP contribution in [0.25, 0.3) is 5.69 Å². The molecule has 0 saturated carbocycles. The molecule has 4 heteroatoms. The van der Waals surface area contributed by atoms with E-state index in [-0.39, 0.29) is 5.43 Å². The van der Waals surface area contributed by atoms with E-state index in [1.165, 1.54) is 0 Å². The van der Waals surface area contributed by atoms with Crippen molar-refractivity contribution in [1.29, 1.82) is 0 Å². The molecule has 0 atom stereocenters. The van der Waals surface area contributed by atoms with Crippen molar-refractivity contribution in [2.45, 2.75) is 33.7 Å². The van der Waals surface area contributed by atoms with Gasteiger partial charge < -0.3 is 9.88 Å². The third kappa shape index (κ3) is 3.74. The first-order valence-electron chi connectivity index (χ1n) is 7.22. The Morgan fingerprint density at radius 2 is 2.00 bits per heavy atom. The van der Waals surface area contributed by atoms with Gasteiger partial charge in [0.15, 0.2) is 5.43 Å². The molecule has 21 heavy (non-hydrogen) atoms. The van der Waals surface area contributed by atoms with Crippen LogP contribution < -0.4 is 10.7 Å². The van der Waals surface area contributed by atoms with Gasteiger partial charge in [0.2, 0.25) is 0 Å². The average molecular weight is 305 g/mol. The number of aryl methyl sites for hydroxylation is 2. The van der Waals surface area contributed by atoms with Crippen molar-refractivity contribution in [2.24, 2.45) is 0 Å². The first kappa shape index (κ1) is 15.8. The Morgan fingerprint density at radius 1 is 1.24 bits per heavy atom. The van der Waals surface area contributed by atoms with Crippen LogP contribution in [0.4, 0.5) is 0 Å². The highest BCUT2D eigenvalue weighted by Gasteiger charge is 2.07. The highest BCUT2D eigenvalue weighted by Crippen LogP contribution is 2.20. The molecule has 0 radical (unpaired) electrons. The lowest BCUT2D eigenvalue weighted by molar-refractivity contribution is 0.668. The number of benzene rings is 1. The predicted octanol–water partition coefficient (Wildman–Crippen LogP) is 3.61. The van der Waals surface area contributed by atoms with Gasteiger partial charge in [-0.3, -0.25) is 4.79 Å². The minimum absolute atomic E-state index is 0.0746. The Balaban J connectivity index is 2.40. The van der Waals surface area contributed by atoms with Crippen LogP contribution in [0.1, 0.15) is 30.2 Å². The molecule has 0 bridgehead atoms. The lowest BCUT2D eigenvalue weighted by Crippen LogP contribution is -2.22. The molecule has 3 nitrogen and oxygen atoms in total. The molecule has 0 fully saturated rings. The van der Waals surface area contributed by atoms with Crippen LogP contribution >= 0.6 is 11.6 Å². The molecule has 0 saturated heterocycles. The first-order valence-corrected chi connectivity index (χ1v) is 7.60. The number of aromatic nitrogens is 1. The van der Waals surface area contributed by atoms with Gasteiger partial charge in [0.1, 0.15) is 0 Å². The summed E-state index contributed by atoms with van der Waals surface area (Å²) in [6, 6.07) is 7.61. The molecule has 0 unspecified atom stereocenters. The Labute approximate surface area is 130 Å². The first-order chi connectivity index (χ1) is 10.0.